The molecular formula is C13H20N5NaO9S3. The fourth-order valence-electron chi connectivity index (χ4n) is 2.13. The molecule has 1 atom stereocenters. The summed E-state index contributed by atoms with van der Waals surface area (Å²) in [4.78, 5) is 34.0. The van der Waals surface area contributed by atoms with Crippen LogP contribution in [0.2, 0.25) is 0 Å². The number of carbonyl (C=O) groups is 2. The van der Waals surface area contributed by atoms with Crippen LogP contribution in [0.15, 0.2) is 10.5 Å². The molecule has 1 saturated heterocycles. The van der Waals surface area contributed by atoms with Crippen molar-refractivity contribution in [3.05, 3.63) is 11.1 Å². The van der Waals surface area contributed by atoms with E-state index in [1.165, 1.54) is 5.38 Å². The van der Waals surface area contributed by atoms with E-state index >= 15 is 0 Å². The van der Waals surface area contributed by atoms with Crippen molar-refractivity contribution in [1.29, 1.82) is 0 Å². The van der Waals surface area contributed by atoms with E-state index in [2.05, 4.69) is 20.2 Å². The molecule has 3 N–H and O–H groups in total. The number of thiazole rings is 1. The fraction of sp³-hybridized carbons (Fsp3) is 0.538. The third-order valence-electron chi connectivity index (χ3n) is 3.47. The van der Waals surface area contributed by atoms with Gasteiger partial charge in [-0.05, 0) is 13.8 Å². The van der Waals surface area contributed by atoms with Crippen molar-refractivity contribution in [2.24, 2.45) is 5.16 Å². The third kappa shape index (κ3) is 6.82. The molecule has 18 heteroatoms. The second-order valence-corrected chi connectivity index (χ2v) is 10.2. The number of aromatic nitrogens is 1. The van der Waals surface area contributed by atoms with Gasteiger partial charge in [-0.15, -0.1) is 11.3 Å². The molecule has 2 rings (SSSR count). The fourth-order valence-corrected chi connectivity index (χ4v) is 4.38. The Morgan fingerprint density at radius 3 is 2.45 bits per heavy atom. The minimum absolute atomic E-state index is 0. The average molecular weight is 510 g/mol. The number of rotatable bonds is 9. The summed E-state index contributed by atoms with van der Waals surface area (Å²) in [5, 5.41) is 7.17. The zero-order valence-electron chi connectivity index (χ0n) is 16.1. The Morgan fingerprint density at radius 1 is 1.39 bits per heavy atom. The molecule has 0 bridgehead atoms. The van der Waals surface area contributed by atoms with E-state index in [1.807, 2.05) is 0 Å². The van der Waals surface area contributed by atoms with Gasteiger partial charge in [0.05, 0.1) is 12.8 Å². The van der Waals surface area contributed by atoms with Gasteiger partial charge in [-0.25, -0.2) is 17.7 Å². The molecule has 0 radical (unpaired) electrons. The number of anilines is 1. The second kappa shape index (κ2) is 10.1. The number of amides is 2. The zero-order chi connectivity index (χ0) is 22.9. The van der Waals surface area contributed by atoms with Crippen LogP contribution in [0, 0.1) is 0 Å². The SMILES string of the molecule is COC1(NC(=O)C(=NOC(C)C)c2csc(NS(C)(=O)=O)n2)CN(S(=O)(=O)O)C1=O.[NaH]. The standard InChI is InChI=1S/C13H19N5O9S3.Na.H/c1-7(2)27-16-9(8-5-28-12(14-8)17-29(4,21)22)10(19)15-13(26-3)6-18(11(13)20)30(23,24)25;;/h5,7H,6H2,1-4H3,(H,14,17)(H,15,19)(H,23,24,25);;. The first-order valence-electron chi connectivity index (χ1n) is 8.03. The van der Waals surface area contributed by atoms with Gasteiger partial charge in [0, 0.05) is 12.5 Å². The zero-order valence-corrected chi connectivity index (χ0v) is 18.6. The number of nitrogens with one attached hydrogen (secondary N) is 2. The molecule has 1 fully saturated rings. The van der Waals surface area contributed by atoms with Crippen LogP contribution in [0.1, 0.15) is 19.5 Å². The van der Waals surface area contributed by atoms with Gasteiger partial charge in [-0.2, -0.15) is 8.42 Å². The Morgan fingerprint density at radius 2 is 2.00 bits per heavy atom. The molecule has 14 nitrogen and oxygen atoms in total. The minimum atomic E-state index is -4.82. The quantitative estimate of drug-likeness (QED) is 0.0845. The van der Waals surface area contributed by atoms with Crippen molar-refractivity contribution in [2.45, 2.75) is 25.7 Å². The van der Waals surface area contributed by atoms with Crippen LogP contribution in [0.4, 0.5) is 5.13 Å². The third-order valence-corrected chi connectivity index (χ3v) is 5.77. The molecule has 0 spiro atoms. The van der Waals surface area contributed by atoms with Crippen LogP contribution in [0.5, 0.6) is 0 Å². The van der Waals surface area contributed by atoms with Crippen molar-refractivity contribution in [1.82, 2.24) is 14.6 Å². The first kappa shape index (κ1) is 27.7. The Labute approximate surface area is 204 Å². The number of carbonyl (C=O) groups excluding carboxylic acids is 2. The first-order valence-corrected chi connectivity index (χ1v) is 12.2. The van der Waals surface area contributed by atoms with Gasteiger partial charge in [0.2, 0.25) is 15.7 Å². The molecule has 1 aliphatic heterocycles. The molecule has 2 heterocycles. The van der Waals surface area contributed by atoms with Gasteiger partial charge < -0.3 is 14.9 Å². The van der Waals surface area contributed by atoms with E-state index in [9.17, 15) is 26.4 Å². The summed E-state index contributed by atoms with van der Waals surface area (Å²) >= 11 is 0.868. The van der Waals surface area contributed by atoms with E-state index in [4.69, 9.17) is 14.1 Å². The number of β-lactam (4-membered cyclic amide) rings is 1. The Balaban J connectivity index is 0.00000480. The summed E-state index contributed by atoms with van der Waals surface area (Å²) in [5.74, 6) is -2.24. The van der Waals surface area contributed by atoms with Crippen LogP contribution in [-0.2, 0) is 39.5 Å². The van der Waals surface area contributed by atoms with Gasteiger partial charge in [-0.1, -0.05) is 5.16 Å². The Kier molecular flexibility index (Phi) is 9.00. The molecule has 31 heavy (non-hydrogen) atoms. The van der Waals surface area contributed by atoms with Gasteiger partial charge >= 0.3 is 39.9 Å². The molecule has 0 aromatic carbocycles. The van der Waals surface area contributed by atoms with E-state index in [0.717, 1.165) is 24.7 Å². The number of methoxy groups -OCH3 is 1. The number of hydrogen-bond donors (Lipinski definition) is 3. The predicted molar refractivity (Wildman–Crippen MR) is 112 cm³/mol. The van der Waals surface area contributed by atoms with E-state index < -0.39 is 56.2 Å². The summed E-state index contributed by atoms with van der Waals surface area (Å²) in [7, 11) is -7.38. The summed E-state index contributed by atoms with van der Waals surface area (Å²) in [6, 6.07) is 0. The normalized spacial score (nSPS) is 19.5. The van der Waals surface area contributed by atoms with Gasteiger partial charge in [0.15, 0.2) is 10.8 Å². The van der Waals surface area contributed by atoms with Gasteiger partial charge in [0.25, 0.3) is 11.8 Å². The summed E-state index contributed by atoms with van der Waals surface area (Å²) in [6.07, 6.45) is 0.486. The van der Waals surface area contributed by atoms with Crippen molar-refractivity contribution in [2.75, 3.05) is 24.6 Å². The monoisotopic (exact) mass is 509 g/mol. The predicted octanol–water partition coefficient (Wildman–Crippen LogP) is -1.90. The summed E-state index contributed by atoms with van der Waals surface area (Å²) in [5.41, 5.74) is -2.56. The van der Waals surface area contributed by atoms with Crippen molar-refractivity contribution < 1.29 is 40.6 Å². The van der Waals surface area contributed by atoms with E-state index in [-0.39, 0.29) is 44.7 Å². The molecule has 1 unspecified atom stereocenters. The molecule has 1 aromatic heterocycles. The van der Waals surface area contributed by atoms with Crippen LogP contribution in [0.25, 0.3) is 0 Å². The van der Waals surface area contributed by atoms with Gasteiger partial charge in [-0.3, -0.25) is 18.9 Å². The van der Waals surface area contributed by atoms with Crippen LogP contribution in [0.3, 0.4) is 0 Å². The molecule has 2 amide bonds. The van der Waals surface area contributed by atoms with E-state index in [1.54, 1.807) is 13.8 Å². The molecule has 170 valence electrons. The number of sulfonamides is 1. The number of oxime groups is 1. The van der Waals surface area contributed by atoms with E-state index in [0.29, 0.717) is 0 Å². The molecule has 0 saturated carbocycles. The average Bonchev–Trinajstić information content (AvgIpc) is 3.02. The van der Waals surface area contributed by atoms with Crippen LogP contribution in [-0.4, -0.2) is 110 Å². The molecular weight excluding hydrogens is 489 g/mol. The number of hydrogen-bond acceptors (Lipinski definition) is 11. The van der Waals surface area contributed by atoms with Crippen molar-refractivity contribution >= 4 is 83.9 Å². The van der Waals surface area contributed by atoms with Crippen LogP contribution >= 0.6 is 11.3 Å². The summed E-state index contributed by atoms with van der Waals surface area (Å²) in [6.45, 7) is 2.59. The maximum atomic E-state index is 12.8. The maximum absolute atomic E-state index is 12.8. The molecule has 1 aromatic rings. The summed E-state index contributed by atoms with van der Waals surface area (Å²) < 4.78 is 61.2. The topological polar surface area (TPSA) is 194 Å². The Bertz CT molecular complexity index is 1090. The second-order valence-electron chi connectivity index (χ2n) is 6.28. The van der Waals surface area contributed by atoms with Crippen molar-refractivity contribution in [3.63, 3.8) is 0 Å². The number of ether oxygens (including phenoxy) is 1. The molecule has 1 aliphatic rings. The first-order chi connectivity index (χ1) is 13.7. The Hall–Kier alpha value is -1.34. The number of nitrogens with zero attached hydrogens (tertiary/aromatic N) is 3. The van der Waals surface area contributed by atoms with Crippen molar-refractivity contribution in [3.8, 4) is 0 Å². The van der Waals surface area contributed by atoms with Gasteiger partial charge in [0.1, 0.15) is 11.8 Å². The van der Waals surface area contributed by atoms with Crippen LogP contribution < -0.4 is 10.0 Å². The molecule has 0 aliphatic carbocycles.